The van der Waals surface area contributed by atoms with Gasteiger partial charge in [-0.2, -0.15) is 10.2 Å². The van der Waals surface area contributed by atoms with E-state index in [1.165, 1.54) is 11.1 Å². The van der Waals surface area contributed by atoms with Crippen molar-refractivity contribution in [2.45, 2.75) is 33.2 Å². The number of aryl methyl sites for hydroxylation is 2. The van der Waals surface area contributed by atoms with Crippen LogP contribution in [0.3, 0.4) is 0 Å². The molecule has 1 saturated heterocycles. The first-order chi connectivity index (χ1) is 13.6. The molecular formula is C22H24N6. The second-order valence-corrected chi connectivity index (χ2v) is 7.86. The molecule has 2 aromatic carbocycles. The average Bonchev–Trinajstić information content (AvgIpc) is 3.40. The summed E-state index contributed by atoms with van der Waals surface area (Å²) in [4.78, 5) is 12.7. The lowest BCUT2D eigenvalue weighted by atomic mass is 10.0. The number of rotatable bonds is 3. The minimum Gasteiger partial charge on any atom is -0.359 e. The number of benzene rings is 2. The minimum atomic E-state index is 0.198. The molecule has 4 aromatic rings. The number of anilines is 1. The molecule has 142 valence electrons. The minimum absolute atomic E-state index is 0.198. The number of hydrogen-bond donors (Lipinski definition) is 1. The zero-order valence-corrected chi connectivity index (χ0v) is 16.4. The Morgan fingerprint density at radius 2 is 1.71 bits per heavy atom. The van der Waals surface area contributed by atoms with Crippen LogP contribution in [0.1, 0.15) is 36.3 Å². The number of imidazole rings is 1. The van der Waals surface area contributed by atoms with Crippen LogP contribution in [-0.4, -0.2) is 31.5 Å². The summed E-state index contributed by atoms with van der Waals surface area (Å²) in [6, 6.07) is 13.0. The number of aromatic amines is 1. The lowest BCUT2D eigenvalue weighted by Crippen LogP contribution is -2.27. The van der Waals surface area contributed by atoms with Crippen molar-refractivity contribution in [2.24, 2.45) is 5.92 Å². The Kier molecular flexibility index (Phi) is 3.93. The van der Waals surface area contributed by atoms with Gasteiger partial charge in [-0.3, -0.25) is 0 Å². The molecule has 1 aliphatic heterocycles. The number of nitrogens with one attached hydrogen (secondary N) is 1. The van der Waals surface area contributed by atoms with Crippen molar-refractivity contribution in [3.05, 3.63) is 65.7 Å². The molecule has 0 radical (unpaired) electrons. The summed E-state index contributed by atoms with van der Waals surface area (Å²) in [5.41, 5.74) is 6.75. The Balaban J connectivity index is 1.62. The summed E-state index contributed by atoms with van der Waals surface area (Å²) in [5.74, 6) is 1.53. The fourth-order valence-corrected chi connectivity index (χ4v) is 4.29. The van der Waals surface area contributed by atoms with Crippen LogP contribution in [0.2, 0.25) is 0 Å². The van der Waals surface area contributed by atoms with E-state index in [1.807, 2.05) is 0 Å². The first-order valence-electron chi connectivity index (χ1n) is 9.80. The van der Waals surface area contributed by atoms with Crippen LogP contribution in [0.15, 0.2) is 48.8 Å². The van der Waals surface area contributed by atoms with Crippen LogP contribution in [-0.2, 0) is 0 Å². The number of hydrogen-bond acceptors (Lipinski definition) is 4. The molecule has 3 heterocycles. The molecule has 0 saturated carbocycles. The second kappa shape index (κ2) is 6.48. The van der Waals surface area contributed by atoms with E-state index in [9.17, 15) is 0 Å². The van der Waals surface area contributed by atoms with Crippen LogP contribution in [0, 0.1) is 19.8 Å². The van der Waals surface area contributed by atoms with Crippen molar-refractivity contribution >= 4 is 16.7 Å². The van der Waals surface area contributed by atoms with Crippen LogP contribution >= 0.6 is 0 Å². The largest absolute Gasteiger partial charge is 0.359 e. The first-order valence-corrected chi connectivity index (χ1v) is 9.80. The van der Waals surface area contributed by atoms with Crippen molar-refractivity contribution in [1.82, 2.24) is 25.0 Å². The van der Waals surface area contributed by atoms with Gasteiger partial charge >= 0.3 is 0 Å². The van der Waals surface area contributed by atoms with Crippen molar-refractivity contribution in [3.63, 3.8) is 0 Å². The number of fused-ring (bicyclic) bond motifs is 1. The zero-order chi connectivity index (χ0) is 19.3. The molecule has 28 heavy (non-hydrogen) atoms. The molecule has 6 nitrogen and oxygen atoms in total. The highest BCUT2D eigenvalue weighted by Crippen LogP contribution is 2.41. The maximum atomic E-state index is 4.94. The molecule has 1 fully saturated rings. The van der Waals surface area contributed by atoms with Gasteiger partial charge in [-0.15, -0.1) is 4.80 Å². The molecular weight excluding hydrogens is 348 g/mol. The third-order valence-electron chi connectivity index (χ3n) is 5.71. The van der Waals surface area contributed by atoms with E-state index < -0.39 is 0 Å². The lowest BCUT2D eigenvalue weighted by molar-refractivity contribution is 0.513. The average molecular weight is 372 g/mol. The highest BCUT2D eigenvalue weighted by atomic mass is 15.5. The molecule has 2 aromatic heterocycles. The summed E-state index contributed by atoms with van der Waals surface area (Å²) in [5, 5.41) is 8.73. The Morgan fingerprint density at radius 1 is 0.964 bits per heavy atom. The molecule has 6 heteroatoms. The lowest BCUT2D eigenvalue weighted by Gasteiger charge is -2.29. The fraction of sp³-hybridized carbons (Fsp3) is 0.318. The summed E-state index contributed by atoms with van der Waals surface area (Å²) in [6.07, 6.45) is 4.56. The Bertz CT molecular complexity index is 1130. The zero-order valence-electron chi connectivity index (χ0n) is 16.4. The SMILES string of the molecule is Cc1ccc(-n2nccn2)c(N2CC[C@H](C)[C@H]2c2nc3ccc(C)cc3[nH]2)c1. The van der Waals surface area contributed by atoms with Crippen LogP contribution in [0.25, 0.3) is 16.7 Å². The van der Waals surface area contributed by atoms with Gasteiger partial charge in [0.05, 0.1) is 35.2 Å². The summed E-state index contributed by atoms with van der Waals surface area (Å²) >= 11 is 0. The smallest absolute Gasteiger partial charge is 0.130 e. The highest BCUT2D eigenvalue weighted by molar-refractivity contribution is 5.76. The van der Waals surface area contributed by atoms with Gasteiger partial charge in [0, 0.05) is 6.54 Å². The van der Waals surface area contributed by atoms with E-state index in [1.54, 1.807) is 17.2 Å². The van der Waals surface area contributed by atoms with Crippen LogP contribution in [0.4, 0.5) is 5.69 Å². The topological polar surface area (TPSA) is 62.6 Å². The maximum Gasteiger partial charge on any atom is 0.130 e. The van der Waals surface area contributed by atoms with Gasteiger partial charge in [-0.1, -0.05) is 19.1 Å². The normalized spacial score (nSPS) is 19.6. The van der Waals surface area contributed by atoms with Gasteiger partial charge < -0.3 is 9.88 Å². The van der Waals surface area contributed by atoms with E-state index >= 15 is 0 Å². The molecule has 0 spiro atoms. The monoisotopic (exact) mass is 372 g/mol. The molecule has 2 atom stereocenters. The number of nitrogens with zero attached hydrogens (tertiary/aromatic N) is 5. The Morgan fingerprint density at radius 3 is 2.54 bits per heavy atom. The molecule has 0 unspecified atom stereocenters. The van der Waals surface area contributed by atoms with E-state index in [2.05, 4.69) is 77.3 Å². The van der Waals surface area contributed by atoms with Gasteiger partial charge in [-0.05, 0) is 61.6 Å². The Labute approximate surface area is 164 Å². The van der Waals surface area contributed by atoms with E-state index in [0.717, 1.165) is 41.2 Å². The van der Waals surface area contributed by atoms with Crippen molar-refractivity contribution in [1.29, 1.82) is 0 Å². The third-order valence-corrected chi connectivity index (χ3v) is 5.71. The first kappa shape index (κ1) is 17.0. The van der Waals surface area contributed by atoms with Crippen LogP contribution < -0.4 is 4.90 Å². The molecule has 1 aliphatic rings. The van der Waals surface area contributed by atoms with Gasteiger partial charge in [0.15, 0.2) is 0 Å². The summed E-state index contributed by atoms with van der Waals surface area (Å²) < 4.78 is 0. The van der Waals surface area contributed by atoms with E-state index in [0.29, 0.717) is 5.92 Å². The predicted molar refractivity (Wildman–Crippen MR) is 111 cm³/mol. The fourth-order valence-electron chi connectivity index (χ4n) is 4.29. The quantitative estimate of drug-likeness (QED) is 0.581. The van der Waals surface area contributed by atoms with Gasteiger partial charge in [-0.25, -0.2) is 4.98 Å². The molecule has 0 aliphatic carbocycles. The third kappa shape index (κ3) is 2.76. The standard InChI is InChI=1S/C22H24N6/c1-14-4-6-17-18(12-14)26-22(25-17)21-16(3)8-11-27(21)20-13-15(2)5-7-19(20)28-23-9-10-24-28/h4-7,9-10,12-13,16,21H,8,11H2,1-3H3,(H,25,26)/t16-,21-/m0/s1. The molecule has 0 bridgehead atoms. The molecule has 1 N–H and O–H groups in total. The van der Waals surface area contributed by atoms with Crippen molar-refractivity contribution in [2.75, 3.05) is 11.4 Å². The number of H-pyrrole nitrogens is 1. The van der Waals surface area contributed by atoms with Crippen molar-refractivity contribution in [3.8, 4) is 5.69 Å². The van der Waals surface area contributed by atoms with E-state index in [-0.39, 0.29) is 6.04 Å². The van der Waals surface area contributed by atoms with E-state index in [4.69, 9.17) is 4.98 Å². The van der Waals surface area contributed by atoms with Gasteiger partial charge in [0.2, 0.25) is 0 Å². The van der Waals surface area contributed by atoms with Crippen LogP contribution in [0.5, 0.6) is 0 Å². The predicted octanol–water partition coefficient (Wildman–Crippen LogP) is 4.35. The number of aromatic nitrogens is 5. The van der Waals surface area contributed by atoms with Gasteiger partial charge in [0.1, 0.15) is 11.5 Å². The van der Waals surface area contributed by atoms with Crippen molar-refractivity contribution < 1.29 is 0 Å². The second-order valence-electron chi connectivity index (χ2n) is 7.86. The summed E-state index contributed by atoms with van der Waals surface area (Å²) in [7, 11) is 0. The van der Waals surface area contributed by atoms with Gasteiger partial charge in [0.25, 0.3) is 0 Å². The Hall–Kier alpha value is -3.15. The molecule has 0 amide bonds. The highest BCUT2D eigenvalue weighted by Gasteiger charge is 2.36. The maximum absolute atomic E-state index is 4.94. The molecule has 5 rings (SSSR count). The summed E-state index contributed by atoms with van der Waals surface area (Å²) in [6.45, 7) is 7.53.